The van der Waals surface area contributed by atoms with E-state index in [0.717, 1.165) is 18.3 Å². The normalized spacial score (nSPS) is 15.4. The van der Waals surface area contributed by atoms with Gasteiger partial charge >= 0.3 is 6.18 Å². The van der Waals surface area contributed by atoms with E-state index in [4.69, 9.17) is 11.6 Å². The summed E-state index contributed by atoms with van der Waals surface area (Å²) in [5.74, 6) is -0.912. The average Bonchev–Trinajstić information content (AvgIpc) is 3.39. The Morgan fingerprint density at radius 1 is 1.35 bits per heavy atom. The van der Waals surface area contributed by atoms with Crippen LogP contribution in [0.1, 0.15) is 44.9 Å². The van der Waals surface area contributed by atoms with E-state index in [2.05, 4.69) is 15.3 Å². The van der Waals surface area contributed by atoms with Gasteiger partial charge in [-0.3, -0.25) is 19.6 Å². The molecule has 1 aliphatic rings. The van der Waals surface area contributed by atoms with Crippen LogP contribution in [-0.2, 0) is 11.6 Å². The number of carbonyl (C=O) groups is 2. The molecule has 5 nitrogen and oxygen atoms in total. The van der Waals surface area contributed by atoms with Crippen LogP contribution in [0.2, 0.25) is 5.02 Å². The zero-order valence-corrected chi connectivity index (χ0v) is 14.1. The maximum atomic E-state index is 13.0. The average molecular weight is 384 g/mol. The van der Waals surface area contributed by atoms with Crippen LogP contribution in [0.25, 0.3) is 0 Å². The number of nitrogens with one attached hydrogen (secondary N) is 1. The molecule has 0 saturated heterocycles. The molecule has 2 aromatic rings. The van der Waals surface area contributed by atoms with Gasteiger partial charge in [-0.1, -0.05) is 11.6 Å². The molecule has 26 heavy (non-hydrogen) atoms. The van der Waals surface area contributed by atoms with Crippen molar-refractivity contribution in [2.45, 2.75) is 24.4 Å². The van der Waals surface area contributed by atoms with Gasteiger partial charge in [-0.2, -0.15) is 13.2 Å². The molecule has 0 atom stereocenters. The number of aromatic nitrogens is 2. The summed E-state index contributed by atoms with van der Waals surface area (Å²) in [7, 11) is 0. The van der Waals surface area contributed by atoms with Crippen LogP contribution in [0.5, 0.6) is 0 Å². The van der Waals surface area contributed by atoms with Gasteiger partial charge in [0.1, 0.15) is 5.69 Å². The molecular formula is C17H13ClF3N3O2. The maximum Gasteiger partial charge on any atom is 0.418 e. The van der Waals surface area contributed by atoms with Crippen molar-refractivity contribution in [2.75, 3.05) is 6.54 Å². The molecule has 3 rings (SSSR count). The molecule has 136 valence electrons. The fraction of sp³-hybridized carbons (Fsp3) is 0.294. The summed E-state index contributed by atoms with van der Waals surface area (Å²) in [4.78, 5) is 30.7. The monoisotopic (exact) mass is 383 g/mol. The Balaban J connectivity index is 1.78. The minimum Gasteiger partial charge on any atom is -0.350 e. The largest absolute Gasteiger partial charge is 0.418 e. The molecule has 0 unspecified atom stereocenters. The van der Waals surface area contributed by atoms with E-state index in [1.165, 1.54) is 12.3 Å². The number of hydrogen-bond donors (Lipinski definition) is 1. The minimum atomic E-state index is -4.67. The molecule has 1 saturated carbocycles. The third kappa shape index (κ3) is 3.55. The molecule has 0 aromatic carbocycles. The molecule has 0 aliphatic heterocycles. The number of rotatable bonds is 5. The molecular weight excluding hydrogens is 371 g/mol. The zero-order valence-electron chi connectivity index (χ0n) is 13.3. The highest BCUT2D eigenvalue weighted by molar-refractivity contribution is 6.31. The predicted octanol–water partition coefficient (Wildman–Crippen LogP) is 3.42. The van der Waals surface area contributed by atoms with Gasteiger partial charge in [0.25, 0.3) is 5.91 Å². The summed E-state index contributed by atoms with van der Waals surface area (Å²) < 4.78 is 39.0. The summed E-state index contributed by atoms with van der Waals surface area (Å²) >= 11 is 6.15. The third-order valence-electron chi connectivity index (χ3n) is 4.27. The summed E-state index contributed by atoms with van der Waals surface area (Å²) in [6.45, 7) is 0.0763. The van der Waals surface area contributed by atoms with Gasteiger partial charge in [0.15, 0.2) is 6.29 Å². The second-order valence-corrected chi connectivity index (χ2v) is 6.48. The Kier molecular flexibility index (Phi) is 4.70. The molecule has 0 bridgehead atoms. The lowest BCUT2D eigenvalue weighted by Gasteiger charge is -2.18. The third-order valence-corrected chi connectivity index (χ3v) is 4.56. The van der Waals surface area contributed by atoms with Gasteiger partial charge in [-0.25, -0.2) is 0 Å². The predicted molar refractivity (Wildman–Crippen MR) is 87.1 cm³/mol. The first-order valence-electron chi connectivity index (χ1n) is 7.68. The van der Waals surface area contributed by atoms with Gasteiger partial charge < -0.3 is 5.32 Å². The second kappa shape index (κ2) is 6.68. The molecule has 2 aromatic heterocycles. The van der Waals surface area contributed by atoms with E-state index in [1.54, 1.807) is 0 Å². The minimum absolute atomic E-state index is 0.0763. The highest BCUT2D eigenvalue weighted by Crippen LogP contribution is 2.49. The number of amides is 1. The van der Waals surface area contributed by atoms with Gasteiger partial charge in [0, 0.05) is 29.9 Å². The fourth-order valence-electron chi connectivity index (χ4n) is 2.70. The molecule has 1 N–H and O–H groups in total. The SMILES string of the molecule is O=Cc1cnc(C2(CNC(=O)c3ncccc3C(F)(F)F)CC2)c(Cl)c1. The van der Waals surface area contributed by atoms with Crippen molar-refractivity contribution in [1.82, 2.24) is 15.3 Å². The standard InChI is InChI=1S/C17H13ClF3N3O2/c18-12-6-10(8-25)7-23-14(12)16(3-4-16)9-24-15(26)13-11(17(19,20)21)2-1-5-22-13/h1-2,5-8H,3-4,9H2,(H,24,26). The Morgan fingerprint density at radius 3 is 2.65 bits per heavy atom. The number of alkyl halides is 3. The number of aldehydes is 1. The van der Waals surface area contributed by atoms with Crippen LogP contribution in [0.3, 0.4) is 0 Å². The maximum absolute atomic E-state index is 13.0. The quantitative estimate of drug-likeness (QED) is 0.803. The molecule has 9 heteroatoms. The first-order chi connectivity index (χ1) is 12.3. The summed E-state index contributed by atoms with van der Waals surface area (Å²) in [6.07, 6.45) is -0.203. The lowest BCUT2D eigenvalue weighted by molar-refractivity contribution is -0.138. The van der Waals surface area contributed by atoms with Crippen LogP contribution in [0.15, 0.2) is 30.6 Å². The Morgan fingerprint density at radius 2 is 2.08 bits per heavy atom. The number of carbonyl (C=O) groups excluding carboxylic acids is 2. The lowest BCUT2D eigenvalue weighted by Crippen LogP contribution is -2.34. The molecule has 1 aliphatic carbocycles. The van der Waals surface area contributed by atoms with Crippen LogP contribution in [0.4, 0.5) is 13.2 Å². The van der Waals surface area contributed by atoms with Gasteiger partial charge in [0.05, 0.1) is 16.3 Å². The summed E-state index contributed by atoms with van der Waals surface area (Å²) in [5.41, 5.74) is -1.47. The lowest BCUT2D eigenvalue weighted by atomic mass is 10.0. The number of halogens is 4. The zero-order chi connectivity index (χ0) is 18.9. The van der Waals surface area contributed by atoms with Crippen LogP contribution in [-0.4, -0.2) is 28.7 Å². The summed E-state index contributed by atoms with van der Waals surface area (Å²) in [6, 6.07) is 3.41. The number of nitrogens with zero attached hydrogens (tertiary/aromatic N) is 2. The van der Waals surface area contributed by atoms with Crippen molar-refractivity contribution in [1.29, 1.82) is 0 Å². The summed E-state index contributed by atoms with van der Waals surface area (Å²) in [5, 5.41) is 2.79. The molecule has 0 spiro atoms. The smallest absolute Gasteiger partial charge is 0.350 e. The van der Waals surface area contributed by atoms with Crippen molar-refractivity contribution in [3.8, 4) is 0 Å². The van der Waals surface area contributed by atoms with Crippen molar-refractivity contribution in [3.05, 3.63) is 58.1 Å². The van der Waals surface area contributed by atoms with E-state index in [0.29, 0.717) is 30.4 Å². The topological polar surface area (TPSA) is 72.0 Å². The van der Waals surface area contributed by atoms with Crippen molar-refractivity contribution in [3.63, 3.8) is 0 Å². The number of pyridine rings is 2. The molecule has 2 heterocycles. The Labute approximate surface area is 151 Å². The van der Waals surface area contributed by atoms with Crippen molar-refractivity contribution in [2.24, 2.45) is 0 Å². The number of hydrogen-bond acceptors (Lipinski definition) is 4. The van der Waals surface area contributed by atoms with Gasteiger partial charge in [-0.15, -0.1) is 0 Å². The first-order valence-corrected chi connectivity index (χ1v) is 8.06. The van der Waals surface area contributed by atoms with Gasteiger partial charge in [-0.05, 0) is 31.0 Å². The highest BCUT2D eigenvalue weighted by atomic mass is 35.5. The van der Waals surface area contributed by atoms with Crippen molar-refractivity contribution < 1.29 is 22.8 Å². The Hall–Kier alpha value is -2.48. The first kappa shape index (κ1) is 18.3. The van der Waals surface area contributed by atoms with Gasteiger partial charge in [0.2, 0.25) is 0 Å². The van der Waals surface area contributed by atoms with Crippen LogP contribution < -0.4 is 5.32 Å². The van der Waals surface area contributed by atoms with Crippen LogP contribution in [0, 0.1) is 0 Å². The second-order valence-electron chi connectivity index (χ2n) is 6.08. The molecule has 0 radical (unpaired) electrons. The fourth-order valence-corrected chi connectivity index (χ4v) is 3.08. The van der Waals surface area contributed by atoms with Crippen molar-refractivity contribution >= 4 is 23.8 Å². The highest BCUT2D eigenvalue weighted by Gasteiger charge is 2.47. The molecule has 1 fully saturated rings. The van der Waals surface area contributed by atoms with E-state index >= 15 is 0 Å². The van der Waals surface area contributed by atoms with Crippen LogP contribution >= 0.6 is 11.6 Å². The van der Waals surface area contributed by atoms with E-state index in [-0.39, 0.29) is 11.6 Å². The van der Waals surface area contributed by atoms with E-state index < -0.39 is 28.8 Å². The Bertz CT molecular complexity index is 867. The van der Waals surface area contributed by atoms with E-state index in [9.17, 15) is 22.8 Å². The molecule has 1 amide bonds. The van der Waals surface area contributed by atoms with E-state index in [1.807, 2.05) is 0 Å².